The van der Waals surface area contributed by atoms with Gasteiger partial charge in [-0.25, -0.2) is 5.11 Å². The SMILES string of the molecule is CCC1CCCCN1CCC[O]. The van der Waals surface area contributed by atoms with Crippen molar-refractivity contribution in [2.24, 2.45) is 0 Å². The average Bonchev–Trinajstić information content (AvgIpc) is 2.15. The molecule has 0 saturated carbocycles. The Hall–Kier alpha value is -0.0800. The lowest BCUT2D eigenvalue weighted by Crippen LogP contribution is -2.39. The molecule has 1 radical (unpaired) electrons. The van der Waals surface area contributed by atoms with Crippen LogP contribution in [0.3, 0.4) is 0 Å². The summed E-state index contributed by atoms with van der Waals surface area (Å²) in [7, 11) is 0. The molecule has 1 heterocycles. The highest BCUT2D eigenvalue weighted by Crippen LogP contribution is 2.19. The number of rotatable bonds is 4. The third-order valence-corrected chi connectivity index (χ3v) is 2.81. The summed E-state index contributed by atoms with van der Waals surface area (Å²) in [4.78, 5) is 2.50. The molecule has 1 aliphatic heterocycles. The van der Waals surface area contributed by atoms with E-state index in [0.29, 0.717) is 0 Å². The molecule has 0 N–H and O–H groups in total. The summed E-state index contributed by atoms with van der Waals surface area (Å²) < 4.78 is 0. The second-order valence-electron chi connectivity index (χ2n) is 3.65. The molecule has 1 aliphatic rings. The van der Waals surface area contributed by atoms with Gasteiger partial charge in [-0.1, -0.05) is 13.3 Å². The van der Waals surface area contributed by atoms with Gasteiger partial charge in [-0.15, -0.1) is 0 Å². The van der Waals surface area contributed by atoms with Crippen LogP contribution in [0, 0.1) is 0 Å². The van der Waals surface area contributed by atoms with Crippen molar-refractivity contribution in [3.05, 3.63) is 0 Å². The van der Waals surface area contributed by atoms with E-state index in [4.69, 9.17) is 0 Å². The molecule has 0 spiro atoms. The molecule has 1 fully saturated rings. The van der Waals surface area contributed by atoms with Crippen molar-refractivity contribution in [1.82, 2.24) is 4.90 Å². The number of hydrogen-bond donors (Lipinski definition) is 0. The Morgan fingerprint density at radius 2 is 2.25 bits per heavy atom. The van der Waals surface area contributed by atoms with Gasteiger partial charge in [0.05, 0.1) is 6.61 Å². The maximum absolute atomic E-state index is 10.3. The van der Waals surface area contributed by atoms with E-state index in [1.54, 1.807) is 0 Å². The molecule has 1 unspecified atom stereocenters. The lowest BCUT2D eigenvalue weighted by atomic mass is 10.00. The zero-order valence-electron chi connectivity index (χ0n) is 8.09. The van der Waals surface area contributed by atoms with Crippen LogP contribution >= 0.6 is 0 Å². The van der Waals surface area contributed by atoms with Crippen molar-refractivity contribution < 1.29 is 5.11 Å². The molecule has 2 heteroatoms. The first-order valence-corrected chi connectivity index (χ1v) is 5.20. The molecule has 1 saturated heterocycles. The minimum absolute atomic E-state index is 0.0902. The number of likely N-dealkylation sites (tertiary alicyclic amines) is 1. The summed E-state index contributed by atoms with van der Waals surface area (Å²) in [5, 5.41) is 10.3. The number of nitrogens with zero attached hydrogens (tertiary/aromatic N) is 1. The Bertz CT molecular complexity index is 116. The quantitative estimate of drug-likeness (QED) is 0.633. The second kappa shape index (κ2) is 5.55. The minimum Gasteiger partial charge on any atom is -0.300 e. The molecule has 0 bridgehead atoms. The number of piperidine rings is 1. The van der Waals surface area contributed by atoms with Gasteiger partial charge in [-0.05, 0) is 32.2 Å². The van der Waals surface area contributed by atoms with E-state index in [0.717, 1.165) is 19.0 Å². The maximum Gasteiger partial charge on any atom is 0.0834 e. The van der Waals surface area contributed by atoms with E-state index in [1.165, 1.54) is 32.2 Å². The Balaban J connectivity index is 2.26. The van der Waals surface area contributed by atoms with Crippen LogP contribution in [0.4, 0.5) is 0 Å². The standard InChI is InChI=1S/C10H20NO/c1-2-10-6-3-4-7-11(10)8-5-9-12/h10H,2-9H2,1H3. The summed E-state index contributed by atoms with van der Waals surface area (Å²) in [5.74, 6) is 0. The summed E-state index contributed by atoms with van der Waals surface area (Å²) in [6.45, 7) is 4.59. The molecular weight excluding hydrogens is 150 g/mol. The summed E-state index contributed by atoms with van der Waals surface area (Å²) in [5.41, 5.74) is 0. The first kappa shape index (κ1) is 10.0. The van der Waals surface area contributed by atoms with Crippen LogP contribution in [-0.2, 0) is 5.11 Å². The van der Waals surface area contributed by atoms with Gasteiger partial charge < -0.3 is 4.90 Å². The molecule has 12 heavy (non-hydrogen) atoms. The highest BCUT2D eigenvalue weighted by atomic mass is 16.3. The fraction of sp³-hybridized carbons (Fsp3) is 1.00. The highest BCUT2D eigenvalue weighted by Gasteiger charge is 2.19. The average molecular weight is 170 g/mol. The molecule has 0 amide bonds. The van der Waals surface area contributed by atoms with Gasteiger partial charge in [0.25, 0.3) is 0 Å². The lowest BCUT2D eigenvalue weighted by molar-refractivity contribution is 0.116. The molecule has 0 aromatic rings. The summed E-state index contributed by atoms with van der Waals surface area (Å²) >= 11 is 0. The van der Waals surface area contributed by atoms with Crippen LogP contribution < -0.4 is 0 Å². The Labute approximate surface area is 75.6 Å². The van der Waals surface area contributed by atoms with Crippen LogP contribution in [0.2, 0.25) is 0 Å². The largest absolute Gasteiger partial charge is 0.300 e. The van der Waals surface area contributed by atoms with E-state index >= 15 is 0 Å². The van der Waals surface area contributed by atoms with Crippen LogP contribution in [0.25, 0.3) is 0 Å². The van der Waals surface area contributed by atoms with Crippen molar-refractivity contribution in [3.8, 4) is 0 Å². The fourth-order valence-corrected chi connectivity index (χ4v) is 2.08. The predicted octanol–water partition coefficient (Wildman–Crippen LogP) is 2.07. The van der Waals surface area contributed by atoms with E-state index in [1.807, 2.05) is 0 Å². The lowest BCUT2D eigenvalue weighted by Gasteiger charge is -2.34. The monoisotopic (exact) mass is 170 g/mol. The predicted molar refractivity (Wildman–Crippen MR) is 49.7 cm³/mol. The Morgan fingerprint density at radius 3 is 2.92 bits per heavy atom. The van der Waals surface area contributed by atoms with Crippen LogP contribution in [0.1, 0.15) is 39.0 Å². The first-order chi connectivity index (χ1) is 5.88. The van der Waals surface area contributed by atoms with E-state index in [2.05, 4.69) is 11.8 Å². The van der Waals surface area contributed by atoms with E-state index in [9.17, 15) is 5.11 Å². The normalized spacial score (nSPS) is 26.0. The fourth-order valence-electron chi connectivity index (χ4n) is 2.08. The molecular formula is C10H20NO. The van der Waals surface area contributed by atoms with Gasteiger partial charge in [0.15, 0.2) is 0 Å². The second-order valence-corrected chi connectivity index (χ2v) is 3.65. The molecule has 1 rings (SSSR count). The minimum atomic E-state index is 0.0902. The van der Waals surface area contributed by atoms with Crippen LogP contribution in [0.15, 0.2) is 0 Å². The first-order valence-electron chi connectivity index (χ1n) is 5.20. The van der Waals surface area contributed by atoms with Crippen molar-refractivity contribution in [2.45, 2.75) is 45.1 Å². The van der Waals surface area contributed by atoms with Gasteiger partial charge in [0.1, 0.15) is 0 Å². The zero-order valence-corrected chi connectivity index (χ0v) is 8.09. The molecule has 0 aromatic carbocycles. The molecule has 0 aliphatic carbocycles. The molecule has 71 valence electrons. The maximum atomic E-state index is 10.3. The van der Waals surface area contributed by atoms with Gasteiger partial charge >= 0.3 is 0 Å². The van der Waals surface area contributed by atoms with E-state index < -0.39 is 0 Å². The summed E-state index contributed by atoms with van der Waals surface area (Å²) in [6.07, 6.45) is 6.13. The van der Waals surface area contributed by atoms with Gasteiger partial charge in [-0.3, -0.25) is 0 Å². The van der Waals surface area contributed by atoms with E-state index in [-0.39, 0.29) is 6.61 Å². The molecule has 0 aromatic heterocycles. The topological polar surface area (TPSA) is 23.1 Å². The van der Waals surface area contributed by atoms with Crippen molar-refractivity contribution in [3.63, 3.8) is 0 Å². The Kier molecular flexibility index (Phi) is 4.62. The third-order valence-electron chi connectivity index (χ3n) is 2.81. The van der Waals surface area contributed by atoms with Gasteiger partial charge in [-0.2, -0.15) is 0 Å². The smallest absolute Gasteiger partial charge is 0.0834 e. The van der Waals surface area contributed by atoms with Crippen LogP contribution in [0.5, 0.6) is 0 Å². The number of hydrogen-bond acceptors (Lipinski definition) is 1. The molecule has 2 nitrogen and oxygen atoms in total. The Morgan fingerprint density at radius 1 is 1.42 bits per heavy atom. The van der Waals surface area contributed by atoms with Crippen LogP contribution in [-0.4, -0.2) is 30.6 Å². The summed E-state index contributed by atoms with van der Waals surface area (Å²) in [6, 6.07) is 0.769. The van der Waals surface area contributed by atoms with Crippen molar-refractivity contribution >= 4 is 0 Å². The van der Waals surface area contributed by atoms with Gasteiger partial charge in [0, 0.05) is 12.6 Å². The zero-order chi connectivity index (χ0) is 8.81. The molecule has 1 atom stereocenters. The van der Waals surface area contributed by atoms with Crippen molar-refractivity contribution in [1.29, 1.82) is 0 Å². The third kappa shape index (κ3) is 2.76. The van der Waals surface area contributed by atoms with Gasteiger partial charge in [0.2, 0.25) is 0 Å². The van der Waals surface area contributed by atoms with Crippen molar-refractivity contribution in [2.75, 3.05) is 19.7 Å². The highest BCUT2D eigenvalue weighted by molar-refractivity contribution is 4.75.